The summed E-state index contributed by atoms with van der Waals surface area (Å²) in [6, 6.07) is 0. The van der Waals surface area contributed by atoms with Crippen LogP contribution in [0.1, 0.15) is 124 Å². The number of likely N-dealkylation sites (tertiary alicyclic amines) is 1. The number of quaternary nitrogens is 1. The number of unbranched alkanes of at least 4 members (excludes halogenated alkanes) is 12. The Morgan fingerprint density at radius 1 is 0.794 bits per heavy atom. The van der Waals surface area contributed by atoms with Gasteiger partial charge in [-0.05, 0) is 46.5 Å². The first-order valence-electron chi connectivity index (χ1n) is 14.8. The smallest absolute Gasteiger partial charge is 0.311 e. The molecule has 0 radical (unpaired) electrons. The average Bonchev–Trinajstić information content (AvgIpc) is 3.23. The van der Waals surface area contributed by atoms with Crippen LogP contribution < -0.4 is 0 Å². The third-order valence-corrected chi connectivity index (χ3v) is 8.11. The Labute approximate surface area is 211 Å². The molecule has 200 valence electrons. The lowest BCUT2D eigenvalue weighted by Gasteiger charge is -2.35. The normalized spacial score (nSPS) is 16.4. The second kappa shape index (κ2) is 19.1. The van der Waals surface area contributed by atoms with Gasteiger partial charge in [-0.25, -0.2) is 0 Å². The fourth-order valence-corrected chi connectivity index (χ4v) is 5.27. The van der Waals surface area contributed by atoms with Crippen LogP contribution in [-0.2, 0) is 14.3 Å². The van der Waals surface area contributed by atoms with E-state index in [1.54, 1.807) is 0 Å². The van der Waals surface area contributed by atoms with Gasteiger partial charge in [0.25, 0.3) is 0 Å². The van der Waals surface area contributed by atoms with Gasteiger partial charge in [0.2, 0.25) is 5.91 Å². The number of hydrogen-bond acceptors (Lipinski definition) is 3. The number of ether oxygens (including phenoxy) is 1. The van der Waals surface area contributed by atoms with Crippen LogP contribution in [0.4, 0.5) is 0 Å². The SMILES string of the molecule is CCCCCCOC(=O)C1CC(=O)N(CCCCCCCCCCCC[N+](CC)(CC)CC)C1. The highest BCUT2D eigenvalue weighted by atomic mass is 16.5. The molecule has 5 nitrogen and oxygen atoms in total. The molecule has 1 saturated heterocycles. The van der Waals surface area contributed by atoms with Crippen LogP contribution in [0, 0.1) is 5.92 Å². The Hall–Kier alpha value is -1.10. The third-order valence-electron chi connectivity index (χ3n) is 8.11. The maximum atomic E-state index is 12.2. The molecule has 1 rings (SSSR count). The monoisotopic (exact) mass is 481 g/mol. The lowest BCUT2D eigenvalue weighted by Crippen LogP contribution is -2.48. The van der Waals surface area contributed by atoms with Gasteiger partial charge in [-0.3, -0.25) is 9.59 Å². The molecule has 0 aromatic heterocycles. The molecule has 1 aliphatic rings. The fourth-order valence-electron chi connectivity index (χ4n) is 5.27. The molecular formula is C29H57N2O3+. The van der Waals surface area contributed by atoms with E-state index >= 15 is 0 Å². The van der Waals surface area contributed by atoms with Crippen LogP contribution in [-0.4, -0.2) is 67.1 Å². The Balaban J connectivity index is 1.97. The molecule has 1 aliphatic heterocycles. The van der Waals surface area contributed by atoms with E-state index in [1.807, 2.05) is 4.90 Å². The van der Waals surface area contributed by atoms with Crippen LogP contribution >= 0.6 is 0 Å². The maximum Gasteiger partial charge on any atom is 0.311 e. The topological polar surface area (TPSA) is 46.6 Å². The van der Waals surface area contributed by atoms with E-state index in [1.165, 1.54) is 101 Å². The lowest BCUT2D eigenvalue weighted by atomic mass is 10.1. The first-order chi connectivity index (χ1) is 16.5. The van der Waals surface area contributed by atoms with Crippen molar-refractivity contribution >= 4 is 11.9 Å². The van der Waals surface area contributed by atoms with Crippen molar-refractivity contribution in [1.82, 2.24) is 4.90 Å². The van der Waals surface area contributed by atoms with Gasteiger partial charge in [0.15, 0.2) is 0 Å². The minimum Gasteiger partial charge on any atom is -0.465 e. The maximum absolute atomic E-state index is 12.2. The van der Waals surface area contributed by atoms with Crippen molar-refractivity contribution in [2.24, 2.45) is 5.92 Å². The summed E-state index contributed by atoms with van der Waals surface area (Å²) < 4.78 is 6.68. The Morgan fingerprint density at radius 3 is 1.88 bits per heavy atom. The Bertz CT molecular complexity index is 525. The first-order valence-corrected chi connectivity index (χ1v) is 14.8. The molecule has 1 atom stereocenters. The van der Waals surface area contributed by atoms with E-state index in [-0.39, 0.29) is 17.8 Å². The number of carbonyl (C=O) groups is 2. The van der Waals surface area contributed by atoms with Crippen LogP contribution in [0.15, 0.2) is 0 Å². The number of nitrogens with zero attached hydrogens (tertiary/aromatic N) is 2. The largest absolute Gasteiger partial charge is 0.465 e. The average molecular weight is 482 g/mol. The van der Waals surface area contributed by atoms with Gasteiger partial charge in [-0.1, -0.05) is 71.1 Å². The quantitative estimate of drug-likeness (QED) is 0.0977. The summed E-state index contributed by atoms with van der Waals surface area (Å²) in [4.78, 5) is 26.3. The summed E-state index contributed by atoms with van der Waals surface area (Å²) in [5.74, 6) is -0.299. The predicted octanol–water partition coefficient (Wildman–Crippen LogP) is 6.74. The van der Waals surface area contributed by atoms with Gasteiger partial charge in [0, 0.05) is 19.5 Å². The van der Waals surface area contributed by atoms with E-state index < -0.39 is 0 Å². The second-order valence-electron chi connectivity index (χ2n) is 10.5. The van der Waals surface area contributed by atoms with Crippen molar-refractivity contribution in [2.45, 2.75) is 124 Å². The van der Waals surface area contributed by atoms with E-state index in [0.29, 0.717) is 19.6 Å². The van der Waals surface area contributed by atoms with Crippen LogP contribution in [0.25, 0.3) is 0 Å². The van der Waals surface area contributed by atoms with Gasteiger partial charge in [-0.2, -0.15) is 0 Å². The Morgan fingerprint density at radius 2 is 1.32 bits per heavy atom. The summed E-state index contributed by atoms with van der Waals surface area (Å²) in [6.45, 7) is 16.2. The van der Waals surface area contributed by atoms with Gasteiger partial charge in [0.1, 0.15) is 0 Å². The van der Waals surface area contributed by atoms with Crippen molar-refractivity contribution < 1.29 is 18.8 Å². The van der Waals surface area contributed by atoms with E-state index in [9.17, 15) is 9.59 Å². The highest BCUT2D eigenvalue weighted by Gasteiger charge is 2.34. The molecule has 0 aromatic carbocycles. The molecular weight excluding hydrogens is 424 g/mol. The number of amides is 1. The van der Waals surface area contributed by atoms with Crippen molar-refractivity contribution in [3.63, 3.8) is 0 Å². The van der Waals surface area contributed by atoms with Crippen LogP contribution in [0.3, 0.4) is 0 Å². The number of rotatable bonds is 22. The van der Waals surface area contributed by atoms with Crippen LogP contribution in [0.5, 0.6) is 0 Å². The zero-order valence-electron chi connectivity index (χ0n) is 23.3. The molecule has 0 spiro atoms. The van der Waals surface area contributed by atoms with Gasteiger partial charge in [-0.15, -0.1) is 0 Å². The van der Waals surface area contributed by atoms with E-state index in [4.69, 9.17) is 4.74 Å². The molecule has 0 N–H and O–H groups in total. The minimum absolute atomic E-state index is 0.126. The highest BCUT2D eigenvalue weighted by Crippen LogP contribution is 2.20. The fraction of sp³-hybridized carbons (Fsp3) is 0.931. The number of carbonyl (C=O) groups excluding carboxylic acids is 2. The van der Waals surface area contributed by atoms with E-state index in [0.717, 1.165) is 25.8 Å². The summed E-state index contributed by atoms with van der Waals surface area (Å²) in [5, 5.41) is 0. The molecule has 34 heavy (non-hydrogen) atoms. The predicted molar refractivity (Wildman–Crippen MR) is 143 cm³/mol. The molecule has 0 saturated carbocycles. The molecule has 0 aromatic rings. The molecule has 1 heterocycles. The first kappa shape index (κ1) is 30.9. The number of esters is 1. The van der Waals surface area contributed by atoms with Crippen molar-refractivity contribution in [1.29, 1.82) is 0 Å². The Kier molecular flexibility index (Phi) is 17.4. The zero-order chi connectivity index (χ0) is 25.1. The van der Waals surface area contributed by atoms with Crippen molar-refractivity contribution in [2.75, 3.05) is 45.9 Å². The summed E-state index contributed by atoms with van der Waals surface area (Å²) in [6.07, 6.45) is 17.8. The third kappa shape index (κ3) is 12.6. The molecule has 1 amide bonds. The summed E-state index contributed by atoms with van der Waals surface area (Å²) in [5.41, 5.74) is 0. The minimum atomic E-state index is -0.250. The van der Waals surface area contributed by atoms with E-state index in [2.05, 4.69) is 27.7 Å². The molecule has 0 bridgehead atoms. The molecule has 0 aliphatic carbocycles. The summed E-state index contributed by atoms with van der Waals surface area (Å²) in [7, 11) is 0. The van der Waals surface area contributed by atoms with Gasteiger partial charge >= 0.3 is 5.97 Å². The van der Waals surface area contributed by atoms with Crippen molar-refractivity contribution in [3.8, 4) is 0 Å². The van der Waals surface area contributed by atoms with Gasteiger partial charge < -0.3 is 14.1 Å². The zero-order valence-corrected chi connectivity index (χ0v) is 23.3. The molecule has 1 fully saturated rings. The van der Waals surface area contributed by atoms with Crippen LogP contribution in [0.2, 0.25) is 0 Å². The lowest BCUT2D eigenvalue weighted by molar-refractivity contribution is -0.923. The van der Waals surface area contributed by atoms with Gasteiger partial charge in [0.05, 0.1) is 38.7 Å². The number of hydrogen-bond donors (Lipinski definition) is 0. The standard InChI is InChI=1S/C29H57N2O3/c1-5-9-10-21-24-34-29(33)27-25-28(32)30(26-27)22-19-17-15-13-11-12-14-16-18-20-23-31(6-2,7-3)8-4/h27H,5-26H2,1-4H3/q+1. The second-order valence-corrected chi connectivity index (χ2v) is 10.5. The molecule has 1 unspecified atom stereocenters. The summed E-state index contributed by atoms with van der Waals surface area (Å²) >= 11 is 0. The highest BCUT2D eigenvalue weighted by molar-refractivity contribution is 5.86. The molecule has 5 heteroatoms. The van der Waals surface area contributed by atoms with Crippen molar-refractivity contribution in [3.05, 3.63) is 0 Å².